The van der Waals surface area contributed by atoms with Gasteiger partial charge in [0.05, 0.1) is 25.5 Å². The first-order valence-electron chi connectivity index (χ1n) is 4.17. The van der Waals surface area contributed by atoms with Crippen LogP contribution in [0.5, 0.6) is 0 Å². The van der Waals surface area contributed by atoms with Crippen molar-refractivity contribution < 1.29 is 9.84 Å². The van der Waals surface area contributed by atoms with E-state index in [9.17, 15) is 0 Å². The molecule has 1 aliphatic heterocycles. The molecule has 3 nitrogen and oxygen atoms in total. The number of nitrogens with zero attached hydrogens (tertiary/aromatic N) is 1. The van der Waals surface area contributed by atoms with Crippen LogP contribution in [0, 0.1) is 0 Å². The minimum Gasteiger partial charge on any atom is -0.392 e. The Morgan fingerprint density at radius 3 is 3.23 bits per heavy atom. The van der Waals surface area contributed by atoms with Crippen LogP contribution in [0.1, 0.15) is 16.8 Å². The van der Waals surface area contributed by atoms with E-state index in [0.717, 1.165) is 23.2 Å². The molecule has 0 saturated heterocycles. The lowest BCUT2D eigenvalue weighted by molar-refractivity contribution is 0.107. The highest BCUT2D eigenvalue weighted by molar-refractivity contribution is 6.29. The van der Waals surface area contributed by atoms with E-state index >= 15 is 0 Å². The van der Waals surface area contributed by atoms with E-state index in [1.165, 1.54) is 0 Å². The maximum Gasteiger partial charge on any atom is 0.129 e. The first kappa shape index (κ1) is 8.94. The second kappa shape index (κ2) is 3.62. The fourth-order valence-electron chi connectivity index (χ4n) is 1.51. The summed E-state index contributed by atoms with van der Waals surface area (Å²) in [7, 11) is 0. The van der Waals surface area contributed by atoms with E-state index in [-0.39, 0.29) is 6.61 Å². The summed E-state index contributed by atoms with van der Waals surface area (Å²) in [4.78, 5) is 4.20. The Bertz CT molecular complexity index is 310. The molecule has 0 unspecified atom stereocenters. The molecule has 0 bridgehead atoms. The molecule has 0 aromatic carbocycles. The summed E-state index contributed by atoms with van der Waals surface area (Å²) in [6.07, 6.45) is 0.781. The van der Waals surface area contributed by atoms with Crippen LogP contribution < -0.4 is 0 Å². The molecule has 1 aromatic rings. The lowest BCUT2D eigenvalue weighted by Gasteiger charge is -2.18. The Balaban J connectivity index is 2.50. The van der Waals surface area contributed by atoms with Gasteiger partial charge in [-0.2, -0.15) is 0 Å². The van der Waals surface area contributed by atoms with Gasteiger partial charge in [0.15, 0.2) is 0 Å². The van der Waals surface area contributed by atoms with Crippen LogP contribution in [-0.4, -0.2) is 16.7 Å². The van der Waals surface area contributed by atoms with Crippen LogP contribution in [0.4, 0.5) is 0 Å². The molecule has 2 heterocycles. The average Bonchev–Trinajstić information content (AvgIpc) is 2.16. The largest absolute Gasteiger partial charge is 0.392 e. The molecule has 1 aromatic heterocycles. The fourth-order valence-corrected chi connectivity index (χ4v) is 1.75. The number of fused-ring (bicyclic) bond motifs is 1. The quantitative estimate of drug-likeness (QED) is 0.694. The molecule has 0 radical (unpaired) electrons. The summed E-state index contributed by atoms with van der Waals surface area (Å²) >= 11 is 5.80. The first-order valence-corrected chi connectivity index (χ1v) is 4.55. The van der Waals surface area contributed by atoms with Crippen molar-refractivity contribution in [2.24, 2.45) is 0 Å². The summed E-state index contributed by atoms with van der Waals surface area (Å²) in [6.45, 7) is 1.22. The van der Waals surface area contributed by atoms with Crippen molar-refractivity contribution >= 4 is 11.6 Å². The molecule has 0 saturated carbocycles. The molecular formula is C9H10ClNO2. The monoisotopic (exact) mass is 199 g/mol. The third-order valence-corrected chi connectivity index (χ3v) is 2.36. The second-order valence-electron chi connectivity index (χ2n) is 2.99. The highest BCUT2D eigenvalue weighted by atomic mass is 35.5. The standard InChI is InChI=1S/C9H10ClNO2/c10-9-3-6(4-12)7-5-13-2-1-8(7)11-9/h3,12H,1-2,4-5H2. The smallest absolute Gasteiger partial charge is 0.129 e. The average molecular weight is 200 g/mol. The summed E-state index contributed by atoms with van der Waals surface area (Å²) in [5.41, 5.74) is 2.79. The number of halogens is 1. The van der Waals surface area contributed by atoms with Crippen molar-refractivity contribution in [2.75, 3.05) is 6.61 Å². The summed E-state index contributed by atoms with van der Waals surface area (Å²) in [5.74, 6) is 0. The molecule has 2 rings (SSSR count). The number of aromatic nitrogens is 1. The van der Waals surface area contributed by atoms with E-state index in [1.807, 2.05) is 0 Å². The number of ether oxygens (including phenoxy) is 1. The number of aliphatic hydroxyl groups excluding tert-OH is 1. The number of aliphatic hydroxyl groups is 1. The van der Waals surface area contributed by atoms with Gasteiger partial charge in [0.1, 0.15) is 5.15 Å². The van der Waals surface area contributed by atoms with Crippen molar-refractivity contribution in [1.29, 1.82) is 0 Å². The Hall–Kier alpha value is -0.640. The van der Waals surface area contributed by atoms with Gasteiger partial charge in [-0.05, 0) is 11.6 Å². The Morgan fingerprint density at radius 2 is 2.46 bits per heavy atom. The van der Waals surface area contributed by atoms with Gasteiger partial charge >= 0.3 is 0 Å². The van der Waals surface area contributed by atoms with Crippen molar-refractivity contribution in [2.45, 2.75) is 19.6 Å². The molecule has 0 spiro atoms. The summed E-state index contributed by atoms with van der Waals surface area (Å²) < 4.78 is 5.28. The highest BCUT2D eigenvalue weighted by Crippen LogP contribution is 2.22. The molecule has 1 N–H and O–H groups in total. The lowest BCUT2D eigenvalue weighted by Crippen LogP contribution is -2.14. The van der Waals surface area contributed by atoms with E-state index in [4.69, 9.17) is 21.4 Å². The topological polar surface area (TPSA) is 42.4 Å². The van der Waals surface area contributed by atoms with Crippen molar-refractivity contribution in [3.05, 3.63) is 28.0 Å². The lowest BCUT2D eigenvalue weighted by atomic mass is 10.0. The van der Waals surface area contributed by atoms with Crippen LogP contribution in [0.15, 0.2) is 6.07 Å². The fraction of sp³-hybridized carbons (Fsp3) is 0.444. The molecule has 0 aliphatic carbocycles. The molecule has 70 valence electrons. The number of hydrogen-bond donors (Lipinski definition) is 1. The Morgan fingerprint density at radius 1 is 1.62 bits per heavy atom. The zero-order valence-corrected chi connectivity index (χ0v) is 7.84. The molecule has 0 amide bonds. The number of rotatable bonds is 1. The summed E-state index contributed by atoms with van der Waals surface area (Å²) in [6, 6.07) is 1.69. The minimum atomic E-state index is -0.00602. The zero-order chi connectivity index (χ0) is 9.26. The normalized spacial score (nSPS) is 15.5. The van der Waals surface area contributed by atoms with E-state index in [2.05, 4.69) is 4.98 Å². The van der Waals surface area contributed by atoms with E-state index < -0.39 is 0 Å². The van der Waals surface area contributed by atoms with E-state index in [0.29, 0.717) is 18.4 Å². The highest BCUT2D eigenvalue weighted by Gasteiger charge is 2.15. The van der Waals surface area contributed by atoms with Crippen molar-refractivity contribution in [1.82, 2.24) is 4.98 Å². The molecule has 4 heteroatoms. The molecule has 1 aliphatic rings. The number of pyridine rings is 1. The predicted octanol–water partition coefficient (Wildman–Crippen LogP) is 1.30. The third-order valence-electron chi connectivity index (χ3n) is 2.17. The predicted molar refractivity (Wildman–Crippen MR) is 48.5 cm³/mol. The van der Waals surface area contributed by atoms with Gasteiger partial charge in [-0.15, -0.1) is 0 Å². The second-order valence-corrected chi connectivity index (χ2v) is 3.38. The van der Waals surface area contributed by atoms with Gasteiger partial charge in [0.2, 0.25) is 0 Å². The van der Waals surface area contributed by atoms with Gasteiger partial charge in [-0.1, -0.05) is 11.6 Å². The third kappa shape index (κ3) is 1.68. The van der Waals surface area contributed by atoms with Crippen LogP contribution in [-0.2, 0) is 24.4 Å². The van der Waals surface area contributed by atoms with Crippen molar-refractivity contribution in [3.8, 4) is 0 Å². The molecule has 0 atom stereocenters. The maximum absolute atomic E-state index is 9.08. The van der Waals surface area contributed by atoms with Crippen LogP contribution in [0.2, 0.25) is 5.15 Å². The van der Waals surface area contributed by atoms with Gasteiger partial charge in [0, 0.05) is 12.0 Å². The van der Waals surface area contributed by atoms with Gasteiger partial charge in [-0.3, -0.25) is 0 Å². The maximum atomic E-state index is 9.08. The first-order chi connectivity index (χ1) is 6.31. The summed E-state index contributed by atoms with van der Waals surface area (Å²) in [5, 5.41) is 9.52. The molecule has 0 fully saturated rings. The Kier molecular flexibility index (Phi) is 2.49. The van der Waals surface area contributed by atoms with Gasteiger partial charge in [-0.25, -0.2) is 4.98 Å². The zero-order valence-electron chi connectivity index (χ0n) is 7.09. The van der Waals surface area contributed by atoms with Crippen molar-refractivity contribution in [3.63, 3.8) is 0 Å². The minimum absolute atomic E-state index is 0.00602. The van der Waals surface area contributed by atoms with Gasteiger partial charge in [0.25, 0.3) is 0 Å². The number of hydrogen-bond acceptors (Lipinski definition) is 3. The van der Waals surface area contributed by atoms with Gasteiger partial charge < -0.3 is 9.84 Å². The van der Waals surface area contributed by atoms with Crippen LogP contribution in [0.3, 0.4) is 0 Å². The van der Waals surface area contributed by atoms with Crippen LogP contribution in [0.25, 0.3) is 0 Å². The van der Waals surface area contributed by atoms with Crippen LogP contribution >= 0.6 is 11.6 Å². The SMILES string of the molecule is OCc1cc(Cl)nc2c1COCC2. The molecule has 13 heavy (non-hydrogen) atoms. The van der Waals surface area contributed by atoms with E-state index in [1.54, 1.807) is 6.07 Å². The Labute approximate surface area is 81.3 Å². The molecular weight excluding hydrogens is 190 g/mol.